The summed E-state index contributed by atoms with van der Waals surface area (Å²) in [7, 11) is 0. The maximum absolute atomic E-state index is 9.40. The number of rotatable bonds is 3. The highest BCUT2D eigenvalue weighted by atomic mass is 16.5. The van der Waals surface area contributed by atoms with E-state index in [0.717, 1.165) is 17.9 Å². The van der Waals surface area contributed by atoms with Gasteiger partial charge in [-0.15, -0.1) is 0 Å². The van der Waals surface area contributed by atoms with Crippen molar-refractivity contribution < 1.29 is 14.9 Å². The van der Waals surface area contributed by atoms with Crippen molar-refractivity contribution in [1.29, 1.82) is 0 Å². The molecule has 0 radical (unpaired) electrons. The van der Waals surface area contributed by atoms with Crippen LogP contribution in [0.25, 0.3) is 0 Å². The molecule has 0 saturated carbocycles. The van der Waals surface area contributed by atoms with Crippen molar-refractivity contribution in [3.63, 3.8) is 0 Å². The zero-order chi connectivity index (χ0) is 12.3. The third kappa shape index (κ3) is 2.94. The summed E-state index contributed by atoms with van der Waals surface area (Å²) in [6.45, 7) is 3.77. The molecule has 1 aromatic rings. The van der Waals surface area contributed by atoms with Crippen LogP contribution in [0.4, 0.5) is 5.82 Å². The van der Waals surface area contributed by atoms with E-state index in [1.54, 1.807) is 13.1 Å². The van der Waals surface area contributed by atoms with Gasteiger partial charge in [0.25, 0.3) is 0 Å². The Morgan fingerprint density at radius 3 is 3.00 bits per heavy atom. The van der Waals surface area contributed by atoms with Crippen molar-refractivity contribution in [1.82, 2.24) is 4.98 Å². The third-order valence-corrected chi connectivity index (χ3v) is 2.92. The minimum absolute atomic E-state index is 0.0300. The molecule has 5 heteroatoms. The normalized spacial score (nSPS) is 22.5. The molecule has 2 N–H and O–H groups in total. The van der Waals surface area contributed by atoms with E-state index in [4.69, 9.17) is 9.84 Å². The van der Waals surface area contributed by atoms with Crippen molar-refractivity contribution in [2.45, 2.75) is 19.1 Å². The number of morpholine rings is 1. The number of aromatic nitrogens is 1. The van der Waals surface area contributed by atoms with Crippen molar-refractivity contribution in [3.05, 3.63) is 23.9 Å². The number of anilines is 1. The van der Waals surface area contributed by atoms with Crippen LogP contribution in [-0.4, -0.2) is 47.6 Å². The molecule has 1 aliphatic rings. The molecule has 0 aliphatic carbocycles. The number of aliphatic hydroxyl groups is 2. The molecule has 2 rings (SSSR count). The predicted molar refractivity (Wildman–Crippen MR) is 63.9 cm³/mol. The summed E-state index contributed by atoms with van der Waals surface area (Å²) < 4.78 is 5.38. The average molecular weight is 238 g/mol. The lowest BCUT2D eigenvalue weighted by molar-refractivity contribution is 0.00336. The Morgan fingerprint density at radius 2 is 2.41 bits per heavy atom. The van der Waals surface area contributed by atoms with Gasteiger partial charge in [0.15, 0.2) is 0 Å². The first-order valence-electron chi connectivity index (χ1n) is 5.82. The summed E-state index contributed by atoms with van der Waals surface area (Å²) in [6, 6.07) is 3.76. The van der Waals surface area contributed by atoms with E-state index in [1.807, 2.05) is 12.1 Å². The van der Waals surface area contributed by atoms with Gasteiger partial charge in [0.1, 0.15) is 5.82 Å². The summed E-state index contributed by atoms with van der Waals surface area (Å²) in [5, 5.41) is 18.5. The van der Waals surface area contributed by atoms with Gasteiger partial charge in [0, 0.05) is 19.3 Å². The highest BCUT2D eigenvalue weighted by Gasteiger charge is 2.20. The molecule has 1 saturated heterocycles. The summed E-state index contributed by atoms with van der Waals surface area (Å²) in [4.78, 5) is 6.40. The fraction of sp³-hybridized carbons (Fsp3) is 0.583. The van der Waals surface area contributed by atoms with Gasteiger partial charge in [-0.2, -0.15) is 0 Å². The largest absolute Gasteiger partial charge is 0.394 e. The summed E-state index contributed by atoms with van der Waals surface area (Å²) in [5.41, 5.74) is 0.806. The number of ether oxygens (including phenoxy) is 1. The number of pyridine rings is 1. The molecular formula is C12H18N2O3. The van der Waals surface area contributed by atoms with Gasteiger partial charge >= 0.3 is 0 Å². The highest BCUT2D eigenvalue weighted by molar-refractivity contribution is 5.40. The molecule has 2 atom stereocenters. The number of hydrogen-bond acceptors (Lipinski definition) is 5. The van der Waals surface area contributed by atoms with Crippen molar-refractivity contribution in [3.8, 4) is 0 Å². The molecule has 1 unspecified atom stereocenters. The van der Waals surface area contributed by atoms with Crippen LogP contribution in [-0.2, 0) is 4.74 Å². The fourth-order valence-corrected chi connectivity index (χ4v) is 1.87. The lowest BCUT2D eigenvalue weighted by Gasteiger charge is -2.32. The van der Waals surface area contributed by atoms with Crippen LogP contribution in [0.15, 0.2) is 18.3 Å². The SMILES string of the molecule is C[C@@H](O)c1ccc(N2CCOC(CO)C2)nc1. The molecule has 1 aliphatic heterocycles. The summed E-state index contributed by atoms with van der Waals surface area (Å²) in [5.74, 6) is 0.858. The van der Waals surface area contributed by atoms with E-state index in [1.165, 1.54) is 0 Å². The van der Waals surface area contributed by atoms with Crippen molar-refractivity contribution in [2.75, 3.05) is 31.2 Å². The first kappa shape index (κ1) is 12.3. The smallest absolute Gasteiger partial charge is 0.128 e. The van der Waals surface area contributed by atoms with Gasteiger partial charge in [0.05, 0.1) is 25.4 Å². The minimum atomic E-state index is -0.494. The maximum atomic E-state index is 9.40. The second-order valence-electron chi connectivity index (χ2n) is 4.25. The van der Waals surface area contributed by atoms with Gasteiger partial charge in [-0.05, 0) is 18.6 Å². The Balaban J connectivity index is 2.06. The first-order valence-corrected chi connectivity index (χ1v) is 5.82. The molecule has 0 aromatic carbocycles. The van der Waals surface area contributed by atoms with Crippen molar-refractivity contribution >= 4 is 5.82 Å². The fourth-order valence-electron chi connectivity index (χ4n) is 1.87. The van der Waals surface area contributed by atoms with E-state index in [2.05, 4.69) is 9.88 Å². The van der Waals surface area contributed by atoms with Crippen LogP contribution in [0, 0.1) is 0 Å². The molecule has 0 spiro atoms. The third-order valence-electron chi connectivity index (χ3n) is 2.92. The Bertz CT molecular complexity index is 353. The van der Waals surface area contributed by atoms with Crippen LogP contribution in [0.2, 0.25) is 0 Å². The van der Waals surface area contributed by atoms with Gasteiger partial charge in [0.2, 0.25) is 0 Å². The summed E-state index contributed by atoms with van der Waals surface area (Å²) in [6.07, 6.45) is 1.05. The molecule has 0 bridgehead atoms. The Hall–Kier alpha value is -1.17. The van der Waals surface area contributed by atoms with Gasteiger partial charge in [-0.25, -0.2) is 4.98 Å². The lowest BCUT2D eigenvalue weighted by atomic mass is 10.2. The molecule has 17 heavy (non-hydrogen) atoms. The van der Waals surface area contributed by atoms with Crippen molar-refractivity contribution in [2.24, 2.45) is 0 Å². The van der Waals surface area contributed by atoms with Crippen LogP contribution in [0.5, 0.6) is 0 Å². The maximum Gasteiger partial charge on any atom is 0.128 e. The zero-order valence-corrected chi connectivity index (χ0v) is 9.91. The minimum Gasteiger partial charge on any atom is -0.394 e. The van der Waals surface area contributed by atoms with E-state index < -0.39 is 6.10 Å². The Labute approximate surface area is 101 Å². The molecule has 5 nitrogen and oxygen atoms in total. The van der Waals surface area contributed by atoms with Gasteiger partial charge in [-0.1, -0.05) is 6.07 Å². The predicted octanol–water partition coefficient (Wildman–Crippen LogP) is 0.332. The van der Waals surface area contributed by atoms with Crippen LogP contribution in [0.1, 0.15) is 18.6 Å². The van der Waals surface area contributed by atoms with Gasteiger partial charge in [-0.3, -0.25) is 0 Å². The molecule has 2 heterocycles. The zero-order valence-electron chi connectivity index (χ0n) is 9.91. The molecule has 1 aromatic heterocycles. The van der Waals surface area contributed by atoms with E-state index in [9.17, 15) is 5.11 Å². The van der Waals surface area contributed by atoms with Crippen LogP contribution < -0.4 is 4.90 Å². The highest BCUT2D eigenvalue weighted by Crippen LogP contribution is 2.18. The number of hydrogen-bond donors (Lipinski definition) is 2. The quantitative estimate of drug-likeness (QED) is 0.794. The first-order chi connectivity index (χ1) is 8.20. The average Bonchev–Trinajstić information content (AvgIpc) is 2.39. The van der Waals surface area contributed by atoms with E-state index in [0.29, 0.717) is 13.2 Å². The summed E-state index contributed by atoms with van der Waals surface area (Å²) >= 11 is 0. The van der Waals surface area contributed by atoms with E-state index >= 15 is 0 Å². The molecule has 94 valence electrons. The monoisotopic (exact) mass is 238 g/mol. The Kier molecular flexibility index (Phi) is 3.93. The number of aliphatic hydroxyl groups excluding tert-OH is 2. The second kappa shape index (κ2) is 5.44. The molecule has 1 fully saturated rings. The van der Waals surface area contributed by atoms with Gasteiger partial charge < -0.3 is 19.8 Å². The molecular weight excluding hydrogens is 220 g/mol. The lowest BCUT2D eigenvalue weighted by Crippen LogP contribution is -2.44. The molecule has 0 amide bonds. The van der Waals surface area contributed by atoms with E-state index in [-0.39, 0.29) is 12.7 Å². The Morgan fingerprint density at radius 1 is 1.59 bits per heavy atom. The van der Waals surface area contributed by atoms with Crippen LogP contribution in [0.3, 0.4) is 0 Å². The standard InChI is InChI=1S/C12H18N2O3/c1-9(16)10-2-3-12(13-6-10)14-4-5-17-11(7-14)8-15/h2-3,6,9,11,15-16H,4-5,7-8H2,1H3/t9-,11?/m1/s1. The second-order valence-corrected chi connectivity index (χ2v) is 4.25. The van der Waals surface area contributed by atoms with Crippen LogP contribution >= 0.6 is 0 Å². The topological polar surface area (TPSA) is 65.8 Å². The number of nitrogens with zero attached hydrogens (tertiary/aromatic N) is 2.